The number of para-hydroxylation sites is 1. The van der Waals surface area contributed by atoms with E-state index in [4.69, 9.17) is 14.5 Å². The molecule has 0 fully saturated rings. The number of nitrogens with zero attached hydrogens (tertiary/aromatic N) is 5. The number of fused-ring (bicyclic) bond motifs is 4. The molecule has 0 saturated carbocycles. The molecule has 2 aromatic carbocycles. The average Bonchev–Trinajstić information content (AvgIpc) is 3.28. The molecule has 156 valence electrons. The molecule has 1 N–H and O–H groups in total. The van der Waals surface area contributed by atoms with Gasteiger partial charge >= 0.3 is 0 Å². The highest BCUT2D eigenvalue weighted by Gasteiger charge is 2.35. The molecule has 3 aromatic heterocycles. The minimum absolute atomic E-state index is 0.119. The lowest BCUT2D eigenvalue weighted by atomic mass is 9.83. The third-order valence-electron chi connectivity index (χ3n) is 5.56. The van der Waals surface area contributed by atoms with Crippen LogP contribution in [0.5, 0.6) is 23.1 Å². The fourth-order valence-electron chi connectivity index (χ4n) is 4.15. The summed E-state index contributed by atoms with van der Waals surface area (Å²) >= 11 is 0. The Kier molecular flexibility index (Phi) is 4.04. The number of aromatic hydroxyl groups is 1. The third kappa shape index (κ3) is 2.77. The largest absolute Gasteiger partial charge is 0.508 e. The zero-order valence-electron chi connectivity index (χ0n) is 17.0. The zero-order chi connectivity index (χ0) is 21.7. The smallest absolute Gasteiger partial charge is 0.228 e. The van der Waals surface area contributed by atoms with E-state index in [1.54, 1.807) is 42.5 Å². The minimum atomic E-state index is -0.285. The van der Waals surface area contributed by atoms with E-state index in [0.717, 1.165) is 28.0 Å². The van der Waals surface area contributed by atoms with Crippen LogP contribution in [-0.2, 0) is 0 Å². The number of phenols is 1. The van der Waals surface area contributed by atoms with Crippen LogP contribution in [0.25, 0.3) is 17.0 Å². The van der Waals surface area contributed by atoms with Crippen molar-refractivity contribution in [3.8, 4) is 34.5 Å². The number of ether oxygens (including phenoxy) is 2. The van der Waals surface area contributed by atoms with Crippen LogP contribution in [0.2, 0.25) is 0 Å². The van der Waals surface area contributed by atoms with Crippen LogP contribution in [0.4, 0.5) is 0 Å². The molecule has 0 aliphatic carbocycles. The summed E-state index contributed by atoms with van der Waals surface area (Å²) in [5.41, 5.74) is 4.02. The molecule has 1 aliphatic heterocycles. The van der Waals surface area contributed by atoms with Crippen LogP contribution in [0.3, 0.4) is 0 Å². The number of rotatable bonds is 3. The molecule has 0 unspecified atom stereocenters. The first kappa shape index (κ1) is 18.3. The van der Waals surface area contributed by atoms with Gasteiger partial charge in [-0.2, -0.15) is 0 Å². The number of benzene rings is 2. The predicted molar refractivity (Wildman–Crippen MR) is 116 cm³/mol. The minimum Gasteiger partial charge on any atom is -0.508 e. The molecule has 5 aromatic rings. The Balaban J connectivity index is 1.65. The number of phenolic OH excluding ortho intramolecular Hbond substituents is 1. The molecule has 32 heavy (non-hydrogen) atoms. The standard InChI is InChI=1S/C24H17N5O3/c1-31-18-7-3-2-6-16(18)20-17-9-8-15(30)11-19(17)32-24-21(20)23-27-22(28-29(23)13-26-24)14-5-4-10-25-12-14/h2-13,20,30H,1H3/t20-/m1/s1. The van der Waals surface area contributed by atoms with Crippen molar-refractivity contribution in [2.45, 2.75) is 5.92 Å². The quantitative estimate of drug-likeness (QED) is 0.456. The van der Waals surface area contributed by atoms with E-state index in [1.165, 1.54) is 0 Å². The second kappa shape index (κ2) is 7.05. The molecule has 8 heteroatoms. The van der Waals surface area contributed by atoms with Crippen LogP contribution in [0.1, 0.15) is 22.6 Å². The second-order valence-corrected chi connectivity index (χ2v) is 7.41. The summed E-state index contributed by atoms with van der Waals surface area (Å²) in [6.45, 7) is 0. The Morgan fingerprint density at radius 3 is 2.81 bits per heavy atom. The van der Waals surface area contributed by atoms with Crippen molar-refractivity contribution in [2.75, 3.05) is 7.11 Å². The normalized spacial score (nSPS) is 14.5. The molecule has 0 spiro atoms. The van der Waals surface area contributed by atoms with Crippen LogP contribution in [-0.4, -0.2) is 36.8 Å². The second-order valence-electron chi connectivity index (χ2n) is 7.41. The van der Waals surface area contributed by atoms with Gasteiger partial charge in [0.05, 0.1) is 18.6 Å². The van der Waals surface area contributed by atoms with Gasteiger partial charge in [-0.25, -0.2) is 14.5 Å². The van der Waals surface area contributed by atoms with E-state index < -0.39 is 0 Å². The van der Waals surface area contributed by atoms with Crippen molar-refractivity contribution < 1.29 is 14.6 Å². The van der Waals surface area contributed by atoms with Gasteiger partial charge < -0.3 is 14.6 Å². The monoisotopic (exact) mass is 423 g/mol. The van der Waals surface area contributed by atoms with Crippen molar-refractivity contribution in [1.29, 1.82) is 0 Å². The highest BCUT2D eigenvalue weighted by Crippen LogP contribution is 2.50. The SMILES string of the molecule is COc1ccccc1[C@@H]1c2ccc(O)cc2Oc2ncn3nc(-c4cccnc4)nc3c21. The van der Waals surface area contributed by atoms with Gasteiger partial charge in [0.15, 0.2) is 11.5 Å². The van der Waals surface area contributed by atoms with Crippen LogP contribution < -0.4 is 9.47 Å². The first-order chi connectivity index (χ1) is 15.7. The van der Waals surface area contributed by atoms with Crippen molar-refractivity contribution >= 4 is 5.65 Å². The van der Waals surface area contributed by atoms with Crippen LogP contribution in [0.15, 0.2) is 73.3 Å². The molecule has 4 heterocycles. The van der Waals surface area contributed by atoms with Crippen molar-refractivity contribution in [1.82, 2.24) is 24.6 Å². The van der Waals surface area contributed by atoms with Gasteiger partial charge in [-0.15, -0.1) is 5.10 Å². The number of methoxy groups -OCH3 is 1. The molecule has 0 saturated heterocycles. The Hall–Kier alpha value is -4.46. The molecule has 1 atom stereocenters. The maximum absolute atomic E-state index is 10.0. The first-order valence-electron chi connectivity index (χ1n) is 10.0. The molecule has 0 bridgehead atoms. The maximum Gasteiger partial charge on any atom is 0.228 e. The molecule has 8 nitrogen and oxygen atoms in total. The van der Waals surface area contributed by atoms with Crippen molar-refractivity contribution in [2.24, 2.45) is 0 Å². The van der Waals surface area contributed by atoms with E-state index in [1.807, 2.05) is 42.5 Å². The van der Waals surface area contributed by atoms with Gasteiger partial charge in [0.25, 0.3) is 0 Å². The molecule has 0 amide bonds. The summed E-state index contributed by atoms with van der Waals surface area (Å²) in [6.07, 6.45) is 5.01. The van der Waals surface area contributed by atoms with Gasteiger partial charge in [-0.05, 0) is 24.3 Å². The summed E-state index contributed by atoms with van der Waals surface area (Å²) in [7, 11) is 1.65. The summed E-state index contributed by atoms with van der Waals surface area (Å²) in [6, 6.07) is 16.7. The highest BCUT2D eigenvalue weighted by molar-refractivity contribution is 5.69. The van der Waals surface area contributed by atoms with Gasteiger partial charge in [0.2, 0.25) is 5.88 Å². The number of hydrogen-bond donors (Lipinski definition) is 1. The summed E-state index contributed by atoms with van der Waals surface area (Å²) in [5, 5.41) is 14.6. The third-order valence-corrected chi connectivity index (χ3v) is 5.56. The van der Waals surface area contributed by atoms with E-state index >= 15 is 0 Å². The molecular weight excluding hydrogens is 406 g/mol. The number of hydrogen-bond acceptors (Lipinski definition) is 7. The van der Waals surface area contributed by atoms with Gasteiger partial charge in [-0.3, -0.25) is 4.98 Å². The maximum atomic E-state index is 10.0. The summed E-state index contributed by atoms with van der Waals surface area (Å²) < 4.78 is 13.4. The Labute approximate surface area is 182 Å². The Bertz CT molecular complexity index is 1470. The molecule has 0 radical (unpaired) electrons. The lowest BCUT2D eigenvalue weighted by Gasteiger charge is -2.28. The topological polar surface area (TPSA) is 94.7 Å². The predicted octanol–water partition coefficient (Wildman–Crippen LogP) is 4.19. The lowest BCUT2D eigenvalue weighted by Crippen LogP contribution is -2.15. The van der Waals surface area contributed by atoms with Crippen molar-refractivity contribution in [3.63, 3.8) is 0 Å². The lowest BCUT2D eigenvalue weighted by molar-refractivity contribution is 0.401. The van der Waals surface area contributed by atoms with E-state index in [-0.39, 0.29) is 11.7 Å². The van der Waals surface area contributed by atoms with E-state index in [0.29, 0.717) is 23.1 Å². The molecule has 6 rings (SSSR count). The van der Waals surface area contributed by atoms with E-state index in [2.05, 4.69) is 15.1 Å². The first-order valence-corrected chi connectivity index (χ1v) is 10.0. The highest BCUT2D eigenvalue weighted by atomic mass is 16.5. The Morgan fingerprint density at radius 2 is 1.97 bits per heavy atom. The fraction of sp³-hybridized carbons (Fsp3) is 0.0833. The molecular formula is C24H17N5O3. The molecule has 1 aliphatic rings. The fourth-order valence-corrected chi connectivity index (χ4v) is 4.15. The van der Waals surface area contributed by atoms with Gasteiger partial charge in [0, 0.05) is 35.2 Å². The van der Waals surface area contributed by atoms with Gasteiger partial charge in [-0.1, -0.05) is 24.3 Å². The van der Waals surface area contributed by atoms with Crippen LogP contribution >= 0.6 is 0 Å². The summed E-state index contributed by atoms with van der Waals surface area (Å²) in [4.78, 5) is 13.5. The van der Waals surface area contributed by atoms with Crippen LogP contribution in [0, 0.1) is 0 Å². The Morgan fingerprint density at radius 1 is 1.06 bits per heavy atom. The van der Waals surface area contributed by atoms with Crippen molar-refractivity contribution in [3.05, 3.63) is 90.0 Å². The number of aromatic nitrogens is 5. The average molecular weight is 423 g/mol. The summed E-state index contributed by atoms with van der Waals surface area (Å²) in [5.74, 6) is 2.07. The zero-order valence-corrected chi connectivity index (χ0v) is 17.0. The number of pyridine rings is 1. The van der Waals surface area contributed by atoms with E-state index in [9.17, 15) is 5.11 Å². The van der Waals surface area contributed by atoms with Gasteiger partial charge in [0.1, 0.15) is 23.6 Å².